The van der Waals surface area contributed by atoms with E-state index in [-0.39, 0.29) is 24.9 Å². The highest BCUT2D eigenvalue weighted by Crippen LogP contribution is 2.37. The van der Waals surface area contributed by atoms with Crippen LogP contribution in [0.25, 0.3) is 0 Å². The molecule has 110 valence electrons. The Balaban J connectivity index is 2.05. The minimum Gasteiger partial charge on any atom is -0.491 e. The fourth-order valence-electron chi connectivity index (χ4n) is 2.05. The van der Waals surface area contributed by atoms with Crippen LogP contribution in [-0.2, 0) is 0 Å². The number of carbonyl (C=O) groups excluding carboxylic acids is 1. The van der Waals surface area contributed by atoms with Gasteiger partial charge < -0.3 is 10.1 Å². The van der Waals surface area contributed by atoms with Gasteiger partial charge in [-0.3, -0.25) is 4.79 Å². The monoisotopic (exact) mass is 347 g/mol. The van der Waals surface area contributed by atoms with Gasteiger partial charge in [0.2, 0.25) is 0 Å². The number of nitrogens with one attached hydrogen (secondary N) is 1. The fourth-order valence-corrected chi connectivity index (χ4v) is 2.48. The molecular formula is C14H16BrF2NO2. The van der Waals surface area contributed by atoms with Crippen molar-refractivity contribution < 1.29 is 18.3 Å². The Bertz CT molecular complexity index is 512. The van der Waals surface area contributed by atoms with Crippen LogP contribution in [-0.4, -0.2) is 24.0 Å². The van der Waals surface area contributed by atoms with Gasteiger partial charge in [0.15, 0.2) is 0 Å². The summed E-state index contributed by atoms with van der Waals surface area (Å²) in [6, 6.07) is 4.61. The number of hydrogen-bond donors (Lipinski definition) is 1. The Morgan fingerprint density at radius 3 is 2.65 bits per heavy atom. The van der Waals surface area contributed by atoms with E-state index in [1.807, 2.05) is 13.8 Å². The van der Waals surface area contributed by atoms with E-state index in [4.69, 9.17) is 4.74 Å². The van der Waals surface area contributed by atoms with E-state index in [1.54, 1.807) is 18.2 Å². The lowest BCUT2D eigenvalue weighted by atomic mass is 9.88. The number of alkyl halides is 2. The van der Waals surface area contributed by atoms with Gasteiger partial charge in [-0.05, 0) is 48.0 Å². The van der Waals surface area contributed by atoms with Gasteiger partial charge in [0.05, 0.1) is 11.7 Å². The van der Waals surface area contributed by atoms with Crippen molar-refractivity contribution in [2.75, 3.05) is 0 Å². The number of rotatable bonds is 4. The molecule has 0 unspecified atom stereocenters. The van der Waals surface area contributed by atoms with E-state index in [1.165, 1.54) is 0 Å². The first-order valence-electron chi connectivity index (χ1n) is 6.42. The highest BCUT2D eigenvalue weighted by atomic mass is 79.9. The van der Waals surface area contributed by atoms with Crippen molar-refractivity contribution in [3.8, 4) is 5.75 Å². The lowest BCUT2D eigenvalue weighted by Gasteiger charge is -2.35. The van der Waals surface area contributed by atoms with Crippen LogP contribution >= 0.6 is 15.9 Å². The third-order valence-electron chi connectivity index (χ3n) is 2.98. The number of halogens is 3. The maximum Gasteiger partial charge on any atom is 0.252 e. The van der Waals surface area contributed by atoms with Gasteiger partial charge in [-0.1, -0.05) is 0 Å². The van der Waals surface area contributed by atoms with E-state index >= 15 is 0 Å². The summed E-state index contributed by atoms with van der Waals surface area (Å²) in [6.45, 7) is 3.77. The molecule has 0 saturated heterocycles. The molecule has 1 amide bonds. The zero-order chi connectivity index (χ0) is 14.9. The molecule has 0 aliphatic heterocycles. The molecular weight excluding hydrogens is 332 g/mol. The standard InChI is InChI=1S/C14H16BrF2NO2/c1-8(2)20-10-3-4-12(15)11(5-10)13(19)18-9-6-14(16,17)7-9/h3-5,8-9H,6-7H2,1-2H3,(H,18,19). The SMILES string of the molecule is CC(C)Oc1ccc(Br)c(C(=O)NC2CC(F)(F)C2)c1. The lowest BCUT2D eigenvalue weighted by Crippen LogP contribution is -2.50. The third kappa shape index (κ3) is 3.69. The van der Waals surface area contributed by atoms with Crippen molar-refractivity contribution in [3.05, 3.63) is 28.2 Å². The summed E-state index contributed by atoms with van der Waals surface area (Å²) in [7, 11) is 0. The van der Waals surface area contributed by atoms with Crippen LogP contribution in [0.15, 0.2) is 22.7 Å². The third-order valence-corrected chi connectivity index (χ3v) is 3.67. The van der Waals surface area contributed by atoms with E-state index in [9.17, 15) is 13.6 Å². The van der Waals surface area contributed by atoms with Crippen molar-refractivity contribution in [1.29, 1.82) is 0 Å². The molecule has 0 aromatic heterocycles. The second-order valence-corrected chi connectivity index (χ2v) is 6.10. The van der Waals surface area contributed by atoms with Crippen LogP contribution in [0, 0.1) is 0 Å². The smallest absolute Gasteiger partial charge is 0.252 e. The first kappa shape index (κ1) is 15.2. The Labute approximate surface area is 124 Å². The summed E-state index contributed by atoms with van der Waals surface area (Å²) < 4.78 is 31.6. The van der Waals surface area contributed by atoms with Gasteiger partial charge in [0, 0.05) is 23.4 Å². The van der Waals surface area contributed by atoms with E-state index < -0.39 is 12.0 Å². The summed E-state index contributed by atoms with van der Waals surface area (Å²) in [5.74, 6) is -2.43. The first-order chi connectivity index (χ1) is 9.27. The number of ether oxygens (including phenoxy) is 1. The van der Waals surface area contributed by atoms with Crippen molar-refractivity contribution in [2.24, 2.45) is 0 Å². The molecule has 2 rings (SSSR count). The quantitative estimate of drug-likeness (QED) is 0.900. The zero-order valence-electron chi connectivity index (χ0n) is 11.3. The Morgan fingerprint density at radius 2 is 2.10 bits per heavy atom. The molecule has 0 bridgehead atoms. The maximum absolute atomic E-state index is 12.7. The molecule has 1 aromatic rings. The largest absolute Gasteiger partial charge is 0.491 e. The topological polar surface area (TPSA) is 38.3 Å². The Morgan fingerprint density at radius 1 is 1.45 bits per heavy atom. The molecule has 1 aliphatic rings. The number of hydrogen-bond acceptors (Lipinski definition) is 2. The molecule has 20 heavy (non-hydrogen) atoms. The van der Waals surface area contributed by atoms with Crippen LogP contribution in [0.3, 0.4) is 0 Å². The second kappa shape index (κ2) is 5.68. The molecule has 6 heteroatoms. The van der Waals surface area contributed by atoms with Gasteiger partial charge in [-0.15, -0.1) is 0 Å². The van der Waals surface area contributed by atoms with E-state index in [0.717, 1.165) is 0 Å². The van der Waals surface area contributed by atoms with Gasteiger partial charge in [0.25, 0.3) is 11.8 Å². The molecule has 1 N–H and O–H groups in total. The molecule has 0 radical (unpaired) electrons. The van der Waals surface area contributed by atoms with E-state index in [0.29, 0.717) is 15.8 Å². The predicted molar refractivity (Wildman–Crippen MR) is 75.3 cm³/mol. The summed E-state index contributed by atoms with van der Waals surface area (Å²) in [5.41, 5.74) is 0.387. The molecule has 1 saturated carbocycles. The summed E-state index contributed by atoms with van der Waals surface area (Å²) in [4.78, 5) is 12.1. The van der Waals surface area contributed by atoms with Gasteiger partial charge in [-0.2, -0.15) is 0 Å². The summed E-state index contributed by atoms with van der Waals surface area (Å²) in [6.07, 6.45) is -0.589. The van der Waals surface area contributed by atoms with Crippen LogP contribution in [0.5, 0.6) is 5.75 Å². The maximum atomic E-state index is 12.7. The predicted octanol–water partition coefficient (Wildman–Crippen LogP) is 3.76. The highest BCUT2D eigenvalue weighted by Gasteiger charge is 2.46. The second-order valence-electron chi connectivity index (χ2n) is 5.24. The van der Waals surface area contributed by atoms with Crippen LogP contribution < -0.4 is 10.1 Å². The highest BCUT2D eigenvalue weighted by molar-refractivity contribution is 9.10. The van der Waals surface area contributed by atoms with Crippen molar-refractivity contribution in [3.63, 3.8) is 0 Å². The average Bonchev–Trinajstić information content (AvgIpc) is 2.28. The van der Waals surface area contributed by atoms with Crippen molar-refractivity contribution in [1.82, 2.24) is 5.32 Å². The van der Waals surface area contributed by atoms with Gasteiger partial charge >= 0.3 is 0 Å². The molecule has 0 heterocycles. The normalized spacial score (nSPS) is 17.7. The summed E-state index contributed by atoms with van der Waals surface area (Å²) >= 11 is 3.29. The minimum absolute atomic E-state index is 0.00240. The molecule has 1 fully saturated rings. The Hall–Kier alpha value is -1.17. The van der Waals surface area contributed by atoms with Gasteiger partial charge in [0.1, 0.15) is 5.75 Å². The zero-order valence-corrected chi connectivity index (χ0v) is 12.8. The minimum atomic E-state index is -2.64. The fraction of sp³-hybridized carbons (Fsp3) is 0.500. The summed E-state index contributed by atoms with van der Waals surface area (Å²) in [5, 5.41) is 2.61. The van der Waals surface area contributed by atoms with E-state index in [2.05, 4.69) is 21.2 Å². The number of benzene rings is 1. The van der Waals surface area contributed by atoms with Crippen LogP contribution in [0.1, 0.15) is 37.0 Å². The Kier molecular flexibility index (Phi) is 4.32. The molecule has 1 aliphatic carbocycles. The number of amides is 1. The van der Waals surface area contributed by atoms with Crippen molar-refractivity contribution in [2.45, 2.75) is 44.8 Å². The lowest BCUT2D eigenvalue weighted by molar-refractivity contribution is -0.0901. The number of carbonyl (C=O) groups is 1. The first-order valence-corrected chi connectivity index (χ1v) is 7.21. The molecule has 3 nitrogen and oxygen atoms in total. The van der Waals surface area contributed by atoms with Gasteiger partial charge in [-0.25, -0.2) is 8.78 Å². The van der Waals surface area contributed by atoms with Crippen molar-refractivity contribution >= 4 is 21.8 Å². The molecule has 0 atom stereocenters. The molecule has 1 aromatic carbocycles. The average molecular weight is 348 g/mol. The van der Waals surface area contributed by atoms with Crippen LogP contribution in [0.4, 0.5) is 8.78 Å². The van der Waals surface area contributed by atoms with Crippen LogP contribution in [0.2, 0.25) is 0 Å². The molecule has 0 spiro atoms.